The Kier molecular flexibility index (Phi) is 2.68. The summed E-state index contributed by atoms with van der Waals surface area (Å²) in [5.74, 6) is -0.0715. The van der Waals surface area contributed by atoms with Crippen molar-refractivity contribution >= 4 is 6.29 Å². The number of hydrogen-bond acceptors (Lipinski definition) is 3. The van der Waals surface area contributed by atoms with E-state index in [2.05, 4.69) is 5.10 Å². The highest BCUT2D eigenvalue weighted by Gasteiger charge is 2.09. The Bertz CT molecular complexity index is 505. The fourth-order valence-corrected chi connectivity index (χ4v) is 1.34. The minimum absolute atomic E-state index is 0.249. The van der Waals surface area contributed by atoms with E-state index in [1.54, 1.807) is 12.1 Å². The molecule has 0 unspecified atom stereocenters. The van der Waals surface area contributed by atoms with Crippen LogP contribution in [0, 0.1) is 5.82 Å². The Labute approximate surface area is 91.3 Å². The minimum Gasteiger partial charge on any atom is -0.479 e. The van der Waals surface area contributed by atoms with Crippen LogP contribution in [0.5, 0.6) is 5.88 Å². The van der Waals surface area contributed by atoms with Gasteiger partial charge in [0.15, 0.2) is 6.29 Å². The van der Waals surface area contributed by atoms with Crippen LogP contribution < -0.4 is 4.74 Å². The number of carbonyl (C=O) groups excluding carboxylic acids is 1. The Morgan fingerprint density at radius 1 is 1.38 bits per heavy atom. The molecule has 16 heavy (non-hydrogen) atoms. The van der Waals surface area contributed by atoms with Crippen molar-refractivity contribution in [2.45, 2.75) is 0 Å². The van der Waals surface area contributed by atoms with Crippen LogP contribution in [0.4, 0.5) is 4.39 Å². The largest absolute Gasteiger partial charge is 0.479 e. The van der Waals surface area contributed by atoms with E-state index < -0.39 is 0 Å². The van der Waals surface area contributed by atoms with Crippen molar-refractivity contribution in [1.29, 1.82) is 0 Å². The van der Waals surface area contributed by atoms with Crippen molar-refractivity contribution in [2.24, 2.45) is 0 Å². The maximum Gasteiger partial charge on any atom is 0.243 e. The lowest BCUT2D eigenvalue weighted by Crippen LogP contribution is -1.95. The standard InChI is InChI=1S/C11H9FN2O2/c1-16-11-8(7-15)6-14(13-11)10-4-2-9(12)3-5-10/h2-7H,1H3. The molecule has 82 valence electrons. The average Bonchev–Trinajstić information content (AvgIpc) is 2.73. The smallest absolute Gasteiger partial charge is 0.243 e. The maximum atomic E-state index is 12.7. The van der Waals surface area contributed by atoms with Crippen molar-refractivity contribution < 1.29 is 13.9 Å². The molecular formula is C11H9FN2O2. The van der Waals surface area contributed by atoms with Gasteiger partial charge in [0.05, 0.1) is 18.4 Å². The number of hydrogen-bond donors (Lipinski definition) is 0. The molecule has 0 fully saturated rings. The zero-order chi connectivity index (χ0) is 11.5. The number of aldehydes is 1. The fourth-order valence-electron chi connectivity index (χ4n) is 1.34. The van der Waals surface area contributed by atoms with Crippen molar-refractivity contribution in [3.05, 3.63) is 41.8 Å². The van der Waals surface area contributed by atoms with E-state index in [-0.39, 0.29) is 11.7 Å². The number of carbonyl (C=O) groups is 1. The summed E-state index contributed by atoms with van der Waals surface area (Å²) in [6.07, 6.45) is 2.19. The van der Waals surface area contributed by atoms with Crippen LogP contribution >= 0.6 is 0 Å². The van der Waals surface area contributed by atoms with Crippen LogP contribution in [0.3, 0.4) is 0 Å². The summed E-state index contributed by atoms with van der Waals surface area (Å²) in [5.41, 5.74) is 1.01. The first kappa shape index (κ1) is 10.4. The van der Waals surface area contributed by atoms with Crippen molar-refractivity contribution in [3.8, 4) is 11.6 Å². The van der Waals surface area contributed by atoms with E-state index in [1.807, 2.05) is 0 Å². The second-order valence-corrected chi connectivity index (χ2v) is 3.13. The summed E-state index contributed by atoms with van der Waals surface area (Å²) < 4.78 is 19.1. The summed E-state index contributed by atoms with van der Waals surface area (Å²) in [4.78, 5) is 10.7. The van der Waals surface area contributed by atoms with E-state index in [0.717, 1.165) is 0 Å². The normalized spacial score (nSPS) is 10.1. The third-order valence-electron chi connectivity index (χ3n) is 2.12. The van der Waals surface area contributed by atoms with Gasteiger partial charge in [-0.3, -0.25) is 4.79 Å². The van der Waals surface area contributed by atoms with Gasteiger partial charge in [0.25, 0.3) is 0 Å². The SMILES string of the molecule is COc1nn(-c2ccc(F)cc2)cc1C=O. The highest BCUT2D eigenvalue weighted by molar-refractivity contribution is 5.78. The zero-order valence-corrected chi connectivity index (χ0v) is 8.55. The second kappa shape index (κ2) is 4.14. The third-order valence-corrected chi connectivity index (χ3v) is 2.12. The van der Waals surface area contributed by atoms with Gasteiger partial charge < -0.3 is 4.74 Å². The lowest BCUT2D eigenvalue weighted by atomic mass is 10.3. The molecule has 0 aliphatic heterocycles. The Morgan fingerprint density at radius 3 is 2.56 bits per heavy atom. The summed E-state index contributed by atoms with van der Waals surface area (Å²) in [6, 6.07) is 5.78. The van der Waals surface area contributed by atoms with E-state index in [4.69, 9.17) is 4.74 Å². The fraction of sp³-hybridized carbons (Fsp3) is 0.0909. The lowest BCUT2D eigenvalue weighted by molar-refractivity contribution is 0.112. The van der Waals surface area contributed by atoms with Gasteiger partial charge in [0.1, 0.15) is 5.82 Å². The molecule has 5 heteroatoms. The van der Waals surface area contributed by atoms with Crippen molar-refractivity contribution in [3.63, 3.8) is 0 Å². The quantitative estimate of drug-likeness (QED) is 0.741. The number of aromatic nitrogens is 2. The van der Waals surface area contributed by atoms with Gasteiger partial charge in [-0.2, -0.15) is 0 Å². The first-order valence-electron chi connectivity index (χ1n) is 4.59. The number of nitrogens with zero attached hydrogens (tertiary/aromatic N) is 2. The molecule has 1 aromatic carbocycles. The third kappa shape index (κ3) is 1.79. The molecule has 1 aromatic heterocycles. The molecule has 0 saturated heterocycles. The monoisotopic (exact) mass is 220 g/mol. The molecule has 2 aromatic rings. The molecule has 0 aliphatic carbocycles. The molecule has 0 radical (unpaired) electrons. The highest BCUT2D eigenvalue weighted by Crippen LogP contribution is 2.16. The predicted molar refractivity (Wildman–Crippen MR) is 55.5 cm³/mol. The van der Waals surface area contributed by atoms with Gasteiger partial charge in [-0.1, -0.05) is 0 Å². The molecule has 2 rings (SSSR count). The Morgan fingerprint density at radius 2 is 2.06 bits per heavy atom. The number of benzene rings is 1. The Balaban J connectivity index is 2.44. The summed E-state index contributed by atoms with van der Waals surface area (Å²) in [5, 5.41) is 4.04. The molecule has 0 spiro atoms. The topological polar surface area (TPSA) is 44.1 Å². The van der Waals surface area contributed by atoms with Crippen molar-refractivity contribution in [1.82, 2.24) is 9.78 Å². The van der Waals surface area contributed by atoms with Crippen molar-refractivity contribution in [2.75, 3.05) is 7.11 Å². The number of halogens is 1. The van der Waals surface area contributed by atoms with Gasteiger partial charge in [0.2, 0.25) is 5.88 Å². The number of ether oxygens (including phenoxy) is 1. The van der Waals surface area contributed by atoms with Gasteiger partial charge in [-0.05, 0) is 24.3 Å². The van der Waals surface area contributed by atoms with Crippen LogP contribution in [0.2, 0.25) is 0 Å². The molecule has 0 amide bonds. The summed E-state index contributed by atoms with van der Waals surface area (Å²) in [6.45, 7) is 0. The first-order chi connectivity index (χ1) is 7.74. The molecule has 0 atom stereocenters. The first-order valence-corrected chi connectivity index (χ1v) is 4.59. The number of rotatable bonds is 3. The van der Waals surface area contributed by atoms with Gasteiger partial charge in [0, 0.05) is 6.20 Å². The molecule has 0 saturated carbocycles. The zero-order valence-electron chi connectivity index (χ0n) is 8.55. The Hall–Kier alpha value is -2.17. The van der Waals surface area contributed by atoms with Crippen LogP contribution in [0.15, 0.2) is 30.5 Å². The van der Waals surface area contributed by atoms with E-state index in [0.29, 0.717) is 17.5 Å². The van der Waals surface area contributed by atoms with Crippen LogP contribution in [0.25, 0.3) is 5.69 Å². The molecule has 1 heterocycles. The maximum absolute atomic E-state index is 12.7. The van der Waals surface area contributed by atoms with Gasteiger partial charge >= 0.3 is 0 Å². The second-order valence-electron chi connectivity index (χ2n) is 3.13. The predicted octanol–water partition coefficient (Wildman–Crippen LogP) is 1.83. The van der Waals surface area contributed by atoms with Crippen LogP contribution in [-0.2, 0) is 0 Å². The van der Waals surface area contributed by atoms with E-state index in [9.17, 15) is 9.18 Å². The molecule has 0 bridgehead atoms. The van der Waals surface area contributed by atoms with E-state index >= 15 is 0 Å². The minimum atomic E-state index is -0.321. The van der Waals surface area contributed by atoms with E-state index in [1.165, 1.54) is 30.1 Å². The molecule has 0 N–H and O–H groups in total. The van der Waals surface area contributed by atoms with Crippen LogP contribution in [-0.4, -0.2) is 23.2 Å². The summed E-state index contributed by atoms with van der Waals surface area (Å²) >= 11 is 0. The van der Waals surface area contributed by atoms with Gasteiger partial charge in [-0.15, -0.1) is 5.10 Å². The molecular weight excluding hydrogens is 211 g/mol. The molecule has 4 nitrogen and oxygen atoms in total. The molecule has 0 aliphatic rings. The average molecular weight is 220 g/mol. The van der Waals surface area contributed by atoms with Crippen LogP contribution in [0.1, 0.15) is 10.4 Å². The lowest BCUT2D eigenvalue weighted by Gasteiger charge is -1.99. The van der Waals surface area contributed by atoms with Gasteiger partial charge in [-0.25, -0.2) is 9.07 Å². The summed E-state index contributed by atoms with van der Waals surface area (Å²) in [7, 11) is 1.43. The number of methoxy groups -OCH3 is 1. The highest BCUT2D eigenvalue weighted by atomic mass is 19.1.